The Morgan fingerprint density at radius 2 is 2.00 bits per heavy atom. The third kappa shape index (κ3) is 4.48. The summed E-state index contributed by atoms with van der Waals surface area (Å²) in [6.07, 6.45) is 4.50. The van der Waals surface area contributed by atoms with Gasteiger partial charge in [-0.3, -0.25) is 4.79 Å². The van der Waals surface area contributed by atoms with Crippen molar-refractivity contribution in [2.45, 2.75) is 77.1 Å². The molecule has 27 heavy (non-hydrogen) atoms. The number of urea groups is 1. The van der Waals surface area contributed by atoms with E-state index in [-0.39, 0.29) is 24.0 Å². The normalized spacial score (nSPS) is 23.9. The van der Waals surface area contributed by atoms with Crippen LogP contribution >= 0.6 is 11.8 Å². The molecule has 2 fully saturated rings. The van der Waals surface area contributed by atoms with Crippen LogP contribution < -0.4 is 16.0 Å². The Balaban J connectivity index is 1.31. The highest BCUT2D eigenvalue weighted by molar-refractivity contribution is 8.00. The molecule has 0 aliphatic carbocycles. The second kappa shape index (κ2) is 8.63. The highest BCUT2D eigenvalue weighted by atomic mass is 32.2. The number of nitrogens with one attached hydrogen (secondary N) is 3. The zero-order valence-electron chi connectivity index (χ0n) is 16.9. The van der Waals surface area contributed by atoms with Gasteiger partial charge in [-0.2, -0.15) is 39.6 Å². The van der Waals surface area contributed by atoms with Crippen molar-refractivity contribution >= 4 is 23.7 Å². The molecule has 0 bridgehead atoms. The van der Waals surface area contributed by atoms with E-state index in [9.17, 15) is 9.59 Å². The predicted octanol–water partition coefficient (Wildman–Crippen LogP) is 3.02. The highest BCUT2D eigenvalue weighted by Crippen LogP contribution is 2.33. The van der Waals surface area contributed by atoms with Crippen molar-refractivity contribution in [1.82, 2.24) is 16.0 Å². The van der Waals surface area contributed by atoms with Gasteiger partial charge in [0.25, 0.3) is 0 Å². The maximum Gasteiger partial charge on any atom is 0.315 e. The fourth-order valence-corrected chi connectivity index (χ4v) is 5.90. The first-order chi connectivity index (χ1) is 12.9. The third-order valence-corrected chi connectivity index (χ3v) is 7.88. The number of thioether (sulfide) groups is 1. The van der Waals surface area contributed by atoms with Gasteiger partial charge in [0, 0.05) is 24.0 Å². The first kappa shape index (κ1) is 20.2. The fraction of sp³-hybridized carbons (Fsp3) is 0.667. The quantitative estimate of drug-likeness (QED) is 0.363. The van der Waals surface area contributed by atoms with Gasteiger partial charge in [-0.15, -0.1) is 0 Å². The fourth-order valence-electron chi connectivity index (χ4n) is 4.36. The van der Waals surface area contributed by atoms with E-state index >= 15 is 0 Å². The van der Waals surface area contributed by atoms with E-state index in [1.165, 1.54) is 27.8 Å². The van der Waals surface area contributed by atoms with Crippen molar-refractivity contribution in [3.63, 3.8) is 0 Å². The molecule has 6 heteroatoms. The van der Waals surface area contributed by atoms with Crippen molar-refractivity contribution in [3.05, 3.63) is 27.8 Å². The molecular formula is C21H32N3O2S-. The molecule has 2 aliphatic heterocycles. The molecule has 0 radical (unpaired) electrons. The van der Waals surface area contributed by atoms with Crippen molar-refractivity contribution in [1.29, 1.82) is 0 Å². The molecule has 0 unspecified atom stereocenters. The summed E-state index contributed by atoms with van der Waals surface area (Å²) in [6.45, 7) is 9.43. The third-order valence-electron chi connectivity index (χ3n) is 6.37. The number of amides is 3. The van der Waals surface area contributed by atoms with Crippen molar-refractivity contribution in [2.24, 2.45) is 0 Å². The van der Waals surface area contributed by atoms with Crippen LogP contribution in [0.3, 0.4) is 0 Å². The second-order valence-electron chi connectivity index (χ2n) is 7.95. The van der Waals surface area contributed by atoms with Crippen LogP contribution in [0.25, 0.3) is 0 Å². The minimum Gasteiger partial charge on any atom is -0.356 e. The zero-order valence-corrected chi connectivity index (χ0v) is 17.7. The Labute approximate surface area is 166 Å². The molecule has 2 saturated heterocycles. The maximum absolute atomic E-state index is 12.1. The topological polar surface area (TPSA) is 70.2 Å². The number of carbonyl (C=O) groups excluding carboxylic acids is 2. The molecule has 0 spiro atoms. The molecule has 3 atom stereocenters. The van der Waals surface area contributed by atoms with Gasteiger partial charge in [0.15, 0.2) is 0 Å². The van der Waals surface area contributed by atoms with E-state index in [0.717, 1.165) is 31.4 Å². The Morgan fingerprint density at radius 3 is 2.70 bits per heavy atom. The lowest BCUT2D eigenvalue weighted by Crippen LogP contribution is -2.36. The molecule has 150 valence electrons. The average molecular weight is 391 g/mol. The van der Waals surface area contributed by atoms with Crippen LogP contribution in [0.2, 0.25) is 0 Å². The molecule has 1 aromatic carbocycles. The van der Waals surface area contributed by atoms with Crippen molar-refractivity contribution in [2.75, 3.05) is 12.3 Å². The van der Waals surface area contributed by atoms with Gasteiger partial charge in [0.1, 0.15) is 0 Å². The van der Waals surface area contributed by atoms with Crippen LogP contribution in [0.1, 0.15) is 53.5 Å². The van der Waals surface area contributed by atoms with E-state index in [0.29, 0.717) is 18.2 Å². The summed E-state index contributed by atoms with van der Waals surface area (Å²) in [5.41, 5.74) is 6.91. The van der Waals surface area contributed by atoms with E-state index in [1.54, 1.807) is 0 Å². The van der Waals surface area contributed by atoms with Gasteiger partial charge in [-0.05, 0) is 19.3 Å². The van der Waals surface area contributed by atoms with Crippen LogP contribution in [0, 0.1) is 27.7 Å². The van der Waals surface area contributed by atoms with Crippen LogP contribution in [0.15, 0.2) is 0 Å². The Bertz CT molecular complexity index is 687. The van der Waals surface area contributed by atoms with Gasteiger partial charge in [0.05, 0.1) is 12.1 Å². The molecule has 0 saturated carbocycles. The average Bonchev–Trinajstić information content (AvgIpc) is 3.23. The van der Waals surface area contributed by atoms with Gasteiger partial charge < -0.3 is 16.0 Å². The molecular weight excluding hydrogens is 358 g/mol. The SMILES string of the molecule is Cc1c(C)c(CCNC(=O)CCCC[C@@H]2SC[C@@H]3NC(=O)N[C@@H]32)[c-](C)c1C. The summed E-state index contributed by atoms with van der Waals surface area (Å²) >= 11 is 1.93. The van der Waals surface area contributed by atoms with Crippen LogP contribution in [-0.4, -0.2) is 41.6 Å². The van der Waals surface area contributed by atoms with Gasteiger partial charge >= 0.3 is 6.03 Å². The number of carbonyl (C=O) groups is 2. The lowest BCUT2D eigenvalue weighted by molar-refractivity contribution is -0.121. The van der Waals surface area contributed by atoms with E-state index in [1.807, 2.05) is 11.8 Å². The molecule has 3 N–H and O–H groups in total. The Hall–Kier alpha value is -1.56. The van der Waals surface area contributed by atoms with Gasteiger partial charge in [0.2, 0.25) is 5.91 Å². The summed E-state index contributed by atoms with van der Waals surface area (Å²) in [5, 5.41) is 9.55. The van der Waals surface area contributed by atoms with E-state index in [4.69, 9.17) is 0 Å². The molecule has 2 heterocycles. The summed E-state index contributed by atoms with van der Waals surface area (Å²) in [6, 6.07) is 0.515. The minimum absolute atomic E-state index is 0.0321. The summed E-state index contributed by atoms with van der Waals surface area (Å²) < 4.78 is 0. The molecule has 1 aromatic rings. The largest absolute Gasteiger partial charge is 0.356 e. The summed E-state index contributed by atoms with van der Waals surface area (Å²) in [7, 11) is 0. The smallest absolute Gasteiger partial charge is 0.315 e. The number of hydrogen-bond acceptors (Lipinski definition) is 3. The maximum atomic E-state index is 12.1. The number of unbranched alkanes of at least 4 members (excludes halogenated alkanes) is 1. The van der Waals surface area contributed by atoms with Crippen LogP contribution in [0.4, 0.5) is 4.79 Å². The first-order valence-electron chi connectivity index (χ1n) is 10.1. The number of rotatable bonds is 8. The summed E-state index contributed by atoms with van der Waals surface area (Å²) in [5.74, 6) is 1.15. The first-order valence-corrected chi connectivity index (χ1v) is 11.1. The minimum atomic E-state index is -0.0321. The molecule has 3 rings (SSSR count). The Kier molecular flexibility index (Phi) is 6.45. The lowest BCUT2D eigenvalue weighted by atomic mass is 10.0. The highest BCUT2D eigenvalue weighted by Gasteiger charge is 2.42. The Morgan fingerprint density at radius 1 is 1.22 bits per heavy atom. The summed E-state index contributed by atoms with van der Waals surface area (Å²) in [4.78, 5) is 23.5. The standard InChI is InChI=1S/C21H32N3O2S/c1-12-13(2)15(4)16(14(12)3)9-10-22-19(25)8-6-5-7-18-20-17(11-27-18)23-21(26)24-20/h17-18,20H,5-11H2,1-4H3,(H,22,25)(H2,23,24,26)/q-1/t17-,18-,20-/m0/s1. The lowest BCUT2D eigenvalue weighted by Gasteiger charge is -2.16. The van der Waals surface area contributed by atoms with Gasteiger partial charge in [-0.1, -0.05) is 34.1 Å². The van der Waals surface area contributed by atoms with Crippen molar-refractivity contribution in [3.8, 4) is 0 Å². The van der Waals surface area contributed by atoms with E-state index < -0.39 is 0 Å². The van der Waals surface area contributed by atoms with E-state index in [2.05, 4.69) is 43.6 Å². The number of fused-ring (bicyclic) bond motifs is 1. The second-order valence-corrected chi connectivity index (χ2v) is 9.22. The number of hydrogen-bond donors (Lipinski definition) is 3. The monoisotopic (exact) mass is 390 g/mol. The van der Waals surface area contributed by atoms with Gasteiger partial charge in [-0.25, -0.2) is 4.79 Å². The molecule has 2 aliphatic rings. The van der Waals surface area contributed by atoms with Crippen LogP contribution in [-0.2, 0) is 11.2 Å². The molecule has 3 amide bonds. The molecule has 5 nitrogen and oxygen atoms in total. The molecule has 0 aromatic heterocycles. The van der Waals surface area contributed by atoms with Crippen LogP contribution in [0.5, 0.6) is 0 Å². The zero-order chi connectivity index (χ0) is 19.6. The predicted molar refractivity (Wildman–Crippen MR) is 112 cm³/mol. The van der Waals surface area contributed by atoms with Crippen molar-refractivity contribution < 1.29 is 9.59 Å².